The van der Waals surface area contributed by atoms with Gasteiger partial charge in [-0.05, 0) is 61.8 Å². The molecule has 0 aromatic heterocycles. The standard InChI is InChI=1S/C16H23Cl2N/c1-11-3-6-15(9-12(11)2)19-8-7-13-4-5-14(17)10-16(13)18/h4-5,10-12,15,19H,3,6-9H2,1-2H3. The second-order valence-electron chi connectivity index (χ2n) is 5.90. The van der Waals surface area contributed by atoms with E-state index in [2.05, 4.69) is 19.2 Å². The second-order valence-corrected chi connectivity index (χ2v) is 6.75. The summed E-state index contributed by atoms with van der Waals surface area (Å²) >= 11 is 12.1. The van der Waals surface area contributed by atoms with E-state index < -0.39 is 0 Å². The zero-order valence-electron chi connectivity index (χ0n) is 11.8. The quantitative estimate of drug-likeness (QED) is 0.829. The average Bonchev–Trinajstić information content (AvgIpc) is 2.36. The van der Waals surface area contributed by atoms with Crippen LogP contribution in [0.4, 0.5) is 0 Å². The fourth-order valence-corrected chi connectivity index (χ4v) is 3.37. The van der Waals surface area contributed by atoms with Gasteiger partial charge in [-0.3, -0.25) is 0 Å². The smallest absolute Gasteiger partial charge is 0.0453 e. The summed E-state index contributed by atoms with van der Waals surface area (Å²) in [4.78, 5) is 0. The monoisotopic (exact) mass is 299 g/mol. The third-order valence-corrected chi connectivity index (χ3v) is 5.03. The first-order chi connectivity index (χ1) is 9.06. The van der Waals surface area contributed by atoms with Gasteiger partial charge in [-0.2, -0.15) is 0 Å². The molecule has 0 saturated heterocycles. The van der Waals surface area contributed by atoms with Gasteiger partial charge in [-0.15, -0.1) is 0 Å². The number of benzene rings is 1. The summed E-state index contributed by atoms with van der Waals surface area (Å²) in [6.07, 6.45) is 4.92. The van der Waals surface area contributed by atoms with Crippen LogP contribution in [-0.2, 0) is 6.42 Å². The molecule has 2 rings (SSSR count). The van der Waals surface area contributed by atoms with E-state index in [1.807, 2.05) is 18.2 Å². The molecule has 1 saturated carbocycles. The van der Waals surface area contributed by atoms with Gasteiger partial charge in [0, 0.05) is 16.1 Å². The molecule has 19 heavy (non-hydrogen) atoms. The summed E-state index contributed by atoms with van der Waals surface area (Å²) in [6.45, 7) is 5.73. The first-order valence-corrected chi connectivity index (χ1v) is 7.99. The van der Waals surface area contributed by atoms with Crippen LogP contribution in [0.5, 0.6) is 0 Å². The minimum atomic E-state index is 0.678. The third kappa shape index (κ3) is 4.37. The van der Waals surface area contributed by atoms with Crippen LogP contribution in [-0.4, -0.2) is 12.6 Å². The highest BCUT2D eigenvalue weighted by molar-refractivity contribution is 6.35. The average molecular weight is 300 g/mol. The molecule has 0 spiro atoms. The highest BCUT2D eigenvalue weighted by Gasteiger charge is 2.23. The van der Waals surface area contributed by atoms with Gasteiger partial charge in [-0.1, -0.05) is 43.1 Å². The normalized spacial score (nSPS) is 27.5. The SMILES string of the molecule is CC1CCC(NCCc2ccc(Cl)cc2Cl)CC1C. The first-order valence-electron chi connectivity index (χ1n) is 7.23. The fourth-order valence-electron chi connectivity index (χ4n) is 2.87. The van der Waals surface area contributed by atoms with Crippen LogP contribution < -0.4 is 5.32 Å². The van der Waals surface area contributed by atoms with Crippen LogP contribution in [0, 0.1) is 11.8 Å². The van der Waals surface area contributed by atoms with Crippen LogP contribution in [0.2, 0.25) is 10.0 Å². The predicted octanol–water partition coefficient (Wildman–Crippen LogP) is 4.95. The Morgan fingerprint density at radius 1 is 1.16 bits per heavy atom. The van der Waals surface area contributed by atoms with Gasteiger partial charge in [0.15, 0.2) is 0 Å². The number of halogens is 2. The maximum absolute atomic E-state index is 6.18. The molecular formula is C16H23Cl2N. The number of rotatable bonds is 4. The van der Waals surface area contributed by atoms with E-state index in [9.17, 15) is 0 Å². The van der Waals surface area contributed by atoms with Crippen LogP contribution in [0.1, 0.15) is 38.7 Å². The summed E-state index contributed by atoms with van der Waals surface area (Å²) in [5, 5.41) is 5.15. The molecule has 3 atom stereocenters. The zero-order valence-corrected chi connectivity index (χ0v) is 13.3. The van der Waals surface area contributed by atoms with Crippen molar-refractivity contribution in [3.8, 4) is 0 Å². The van der Waals surface area contributed by atoms with E-state index in [0.29, 0.717) is 11.1 Å². The summed E-state index contributed by atoms with van der Waals surface area (Å²) in [7, 11) is 0. The Bertz CT molecular complexity index is 419. The van der Waals surface area contributed by atoms with Crippen molar-refractivity contribution in [2.75, 3.05) is 6.54 Å². The molecule has 0 bridgehead atoms. The lowest BCUT2D eigenvalue weighted by atomic mass is 9.79. The molecule has 1 N–H and O–H groups in total. The number of hydrogen-bond acceptors (Lipinski definition) is 1. The third-order valence-electron chi connectivity index (χ3n) is 4.44. The molecule has 0 heterocycles. The Hall–Kier alpha value is -0.240. The van der Waals surface area contributed by atoms with E-state index >= 15 is 0 Å². The van der Waals surface area contributed by atoms with Crippen molar-refractivity contribution in [1.82, 2.24) is 5.32 Å². The summed E-state index contributed by atoms with van der Waals surface area (Å²) in [6, 6.07) is 6.44. The Morgan fingerprint density at radius 3 is 2.63 bits per heavy atom. The molecular weight excluding hydrogens is 277 g/mol. The van der Waals surface area contributed by atoms with Crippen molar-refractivity contribution >= 4 is 23.2 Å². The maximum Gasteiger partial charge on any atom is 0.0453 e. The van der Waals surface area contributed by atoms with E-state index in [0.717, 1.165) is 29.8 Å². The van der Waals surface area contributed by atoms with E-state index in [1.165, 1.54) is 24.8 Å². The van der Waals surface area contributed by atoms with Crippen molar-refractivity contribution in [2.45, 2.75) is 45.6 Å². The fraction of sp³-hybridized carbons (Fsp3) is 0.625. The van der Waals surface area contributed by atoms with Crippen molar-refractivity contribution in [2.24, 2.45) is 11.8 Å². The molecule has 0 amide bonds. The summed E-state index contributed by atoms with van der Waals surface area (Å²) in [5.41, 5.74) is 1.18. The molecule has 1 aliphatic rings. The van der Waals surface area contributed by atoms with Gasteiger partial charge >= 0.3 is 0 Å². The van der Waals surface area contributed by atoms with Crippen LogP contribution in [0.15, 0.2) is 18.2 Å². The zero-order chi connectivity index (χ0) is 13.8. The molecule has 1 aromatic rings. The van der Waals surface area contributed by atoms with Crippen molar-refractivity contribution in [3.63, 3.8) is 0 Å². The van der Waals surface area contributed by atoms with Gasteiger partial charge in [-0.25, -0.2) is 0 Å². The Labute approximate surface area is 126 Å². The lowest BCUT2D eigenvalue weighted by Gasteiger charge is -2.32. The van der Waals surface area contributed by atoms with E-state index in [-0.39, 0.29) is 0 Å². The van der Waals surface area contributed by atoms with E-state index in [1.54, 1.807) is 0 Å². The first kappa shape index (κ1) is 15.2. The minimum Gasteiger partial charge on any atom is -0.314 e. The molecule has 1 nitrogen and oxygen atoms in total. The van der Waals surface area contributed by atoms with Crippen LogP contribution in [0.3, 0.4) is 0 Å². The van der Waals surface area contributed by atoms with Crippen molar-refractivity contribution < 1.29 is 0 Å². The number of hydrogen-bond donors (Lipinski definition) is 1. The number of nitrogens with one attached hydrogen (secondary N) is 1. The molecule has 3 unspecified atom stereocenters. The molecule has 1 fully saturated rings. The topological polar surface area (TPSA) is 12.0 Å². The van der Waals surface area contributed by atoms with Gasteiger partial charge < -0.3 is 5.32 Å². The predicted molar refractivity (Wildman–Crippen MR) is 84.1 cm³/mol. The van der Waals surface area contributed by atoms with Gasteiger partial charge in [0.05, 0.1) is 0 Å². The van der Waals surface area contributed by atoms with Gasteiger partial charge in [0.2, 0.25) is 0 Å². The van der Waals surface area contributed by atoms with Crippen LogP contribution >= 0.6 is 23.2 Å². The van der Waals surface area contributed by atoms with Gasteiger partial charge in [0.25, 0.3) is 0 Å². The summed E-state index contributed by atoms with van der Waals surface area (Å²) in [5.74, 6) is 1.72. The Kier molecular flexibility index (Phi) is 5.56. The lowest BCUT2D eigenvalue weighted by Crippen LogP contribution is -2.37. The Morgan fingerprint density at radius 2 is 1.95 bits per heavy atom. The molecule has 1 aliphatic carbocycles. The minimum absolute atomic E-state index is 0.678. The van der Waals surface area contributed by atoms with Crippen molar-refractivity contribution in [1.29, 1.82) is 0 Å². The van der Waals surface area contributed by atoms with Crippen LogP contribution in [0.25, 0.3) is 0 Å². The molecule has 106 valence electrons. The lowest BCUT2D eigenvalue weighted by molar-refractivity contribution is 0.227. The largest absolute Gasteiger partial charge is 0.314 e. The molecule has 1 aromatic carbocycles. The Balaban J connectivity index is 1.77. The second kappa shape index (κ2) is 6.97. The molecule has 0 radical (unpaired) electrons. The van der Waals surface area contributed by atoms with Crippen molar-refractivity contribution in [3.05, 3.63) is 33.8 Å². The molecule has 3 heteroatoms. The van der Waals surface area contributed by atoms with Gasteiger partial charge in [0.1, 0.15) is 0 Å². The van der Waals surface area contributed by atoms with E-state index in [4.69, 9.17) is 23.2 Å². The highest BCUT2D eigenvalue weighted by atomic mass is 35.5. The molecule has 0 aliphatic heterocycles. The highest BCUT2D eigenvalue weighted by Crippen LogP contribution is 2.29. The summed E-state index contributed by atoms with van der Waals surface area (Å²) < 4.78 is 0. The maximum atomic E-state index is 6.18.